The third-order valence-corrected chi connectivity index (χ3v) is 2.58. The molecule has 4 nitrogen and oxygen atoms in total. The van der Waals surface area contributed by atoms with Gasteiger partial charge >= 0.3 is 5.97 Å². The minimum atomic E-state index is -0.940. The van der Waals surface area contributed by atoms with E-state index in [-0.39, 0.29) is 5.69 Å². The van der Waals surface area contributed by atoms with Gasteiger partial charge in [-0.2, -0.15) is 0 Å². The Kier molecular flexibility index (Phi) is 4.00. The number of H-pyrrole nitrogens is 1. The summed E-state index contributed by atoms with van der Waals surface area (Å²) in [6.45, 7) is 2.09. The summed E-state index contributed by atoms with van der Waals surface area (Å²) in [5.74, 6) is -0.168. The highest BCUT2D eigenvalue weighted by Crippen LogP contribution is 2.18. The van der Waals surface area contributed by atoms with Crippen molar-refractivity contribution in [1.29, 1.82) is 0 Å². The Morgan fingerprint density at radius 1 is 1.64 bits per heavy atom. The average molecular weight is 214 g/mol. The fourth-order valence-electron chi connectivity index (χ4n) is 1.16. The maximum Gasteiger partial charge on any atom is 0.355 e. The van der Waals surface area contributed by atoms with Crippen molar-refractivity contribution in [1.82, 2.24) is 9.97 Å². The van der Waals surface area contributed by atoms with Crippen LogP contribution >= 0.6 is 11.8 Å². The first kappa shape index (κ1) is 11.1. The van der Waals surface area contributed by atoms with Crippen molar-refractivity contribution < 1.29 is 9.90 Å². The third kappa shape index (κ3) is 2.51. The molecule has 0 bridgehead atoms. The Morgan fingerprint density at radius 2 is 2.36 bits per heavy atom. The van der Waals surface area contributed by atoms with Crippen molar-refractivity contribution in [3.63, 3.8) is 0 Å². The summed E-state index contributed by atoms with van der Waals surface area (Å²) in [4.78, 5) is 17.8. The molecule has 0 fully saturated rings. The van der Waals surface area contributed by atoms with Gasteiger partial charge in [0.25, 0.3) is 0 Å². The summed E-state index contributed by atoms with van der Waals surface area (Å²) < 4.78 is 0. The number of aromatic carboxylic acids is 1. The average Bonchev–Trinajstić information content (AvgIpc) is 2.57. The van der Waals surface area contributed by atoms with Gasteiger partial charge in [-0.05, 0) is 12.7 Å². The van der Waals surface area contributed by atoms with Gasteiger partial charge in [-0.25, -0.2) is 9.78 Å². The number of hydrogen-bond donors (Lipinski definition) is 2. The molecule has 0 aliphatic heterocycles. The Bertz CT molecular complexity index is 323. The van der Waals surface area contributed by atoms with Crippen LogP contribution in [0.25, 0.3) is 0 Å². The van der Waals surface area contributed by atoms with Gasteiger partial charge in [0, 0.05) is 6.42 Å². The van der Waals surface area contributed by atoms with Gasteiger partial charge in [-0.3, -0.25) is 0 Å². The second-order valence-corrected chi connectivity index (χ2v) is 3.77. The maximum atomic E-state index is 10.8. The lowest BCUT2D eigenvalue weighted by molar-refractivity contribution is 0.0687. The number of unbranched alkanes of at least 4 members (excludes halogenated alkanes) is 1. The number of aryl methyl sites for hydroxylation is 1. The van der Waals surface area contributed by atoms with Crippen LogP contribution in [0.4, 0.5) is 0 Å². The van der Waals surface area contributed by atoms with Crippen LogP contribution in [0.5, 0.6) is 0 Å². The molecule has 0 aliphatic rings. The molecule has 0 atom stereocenters. The quantitative estimate of drug-likeness (QED) is 0.737. The molecule has 0 aromatic carbocycles. The van der Waals surface area contributed by atoms with Crippen molar-refractivity contribution in [2.45, 2.75) is 31.2 Å². The van der Waals surface area contributed by atoms with Crippen LogP contribution in [0.2, 0.25) is 0 Å². The fourth-order valence-corrected chi connectivity index (χ4v) is 1.70. The van der Waals surface area contributed by atoms with E-state index in [1.807, 2.05) is 6.26 Å². The molecular formula is C9H14N2O2S. The molecule has 78 valence electrons. The zero-order valence-corrected chi connectivity index (χ0v) is 9.15. The van der Waals surface area contributed by atoms with E-state index in [0.717, 1.165) is 25.1 Å². The summed E-state index contributed by atoms with van der Waals surface area (Å²) in [7, 11) is 0. The number of carboxylic acids is 1. The van der Waals surface area contributed by atoms with Crippen LogP contribution in [0.1, 0.15) is 36.1 Å². The zero-order chi connectivity index (χ0) is 10.6. The van der Waals surface area contributed by atoms with Crippen LogP contribution in [-0.2, 0) is 6.42 Å². The van der Waals surface area contributed by atoms with Crippen LogP contribution in [-0.4, -0.2) is 27.3 Å². The van der Waals surface area contributed by atoms with E-state index in [2.05, 4.69) is 16.9 Å². The number of thioether (sulfide) groups is 1. The van der Waals surface area contributed by atoms with Gasteiger partial charge in [0.15, 0.2) is 5.69 Å². The first-order valence-electron chi connectivity index (χ1n) is 4.55. The molecule has 1 rings (SSSR count). The van der Waals surface area contributed by atoms with Gasteiger partial charge < -0.3 is 10.1 Å². The smallest absolute Gasteiger partial charge is 0.355 e. The van der Waals surface area contributed by atoms with Crippen LogP contribution in [0.15, 0.2) is 5.03 Å². The predicted molar refractivity (Wildman–Crippen MR) is 55.9 cm³/mol. The van der Waals surface area contributed by atoms with E-state index in [0.29, 0.717) is 5.03 Å². The number of aromatic nitrogens is 2. The first-order valence-corrected chi connectivity index (χ1v) is 5.77. The van der Waals surface area contributed by atoms with Crippen LogP contribution in [0.3, 0.4) is 0 Å². The highest BCUT2D eigenvalue weighted by atomic mass is 32.2. The van der Waals surface area contributed by atoms with E-state index in [1.165, 1.54) is 11.8 Å². The normalized spacial score (nSPS) is 10.4. The summed E-state index contributed by atoms with van der Waals surface area (Å²) in [5.41, 5.74) is 0.212. The molecule has 0 saturated carbocycles. The van der Waals surface area contributed by atoms with Gasteiger partial charge in [0.2, 0.25) is 0 Å². The van der Waals surface area contributed by atoms with Crippen LogP contribution in [0, 0.1) is 0 Å². The topological polar surface area (TPSA) is 66.0 Å². The Hall–Kier alpha value is -0.970. The predicted octanol–water partition coefficient (Wildman–Crippen LogP) is 2.17. The molecule has 14 heavy (non-hydrogen) atoms. The van der Waals surface area contributed by atoms with E-state index in [4.69, 9.17) is 5.11 Å². The molecule has 5 heteroatoms. The highest BCUT2D eigenvalue weighted by molar-refractivity contribution is 7.98. The second-order valence-electron chi connectivity index (χ2n) is 2.98. The lowest BCUT2D eigenvalue weighted by Crippen LogP contribution is -1.98. The molecule has 2 N–H and O–H groups in total. The minimum absolute atomic E-state index is 0.212. The maximum absolute atomic E-state index is 10.8. The number of carbonyl (C=O) groups is 1. The molecule has 0 amide bonds. The minimum Gasteiger partial charge on any atom is -0.476 e. The van der Waals surface area contributed by atoms with Gasteiger partial charge in [-0.1, -0.05) is 13.3 Å². The third-order valence-electron chi connectivity index (χ3n) is 1.89. The van der Waals surface area contributed by atoms with Crippen molar-refractivity contribution in [2.24, 2.45) is 0 Å². The molecule has 0 aliphatic carbocycles. The summed E-state index contributed by atoms with van der Waals surface area (Å²) >= 11 is 1.35. The number of imidazole rings is 1. The lowest BCUT2D eigenvalue weighted by atomic mass is 10.2. The van der Waals surface area contributed by atoms with Gasteiger partial charge in [-0.15, -0.1) is 11.8 Å². The summed E-state index contributed by atoms with van der Waals surface area (Å²) in [6, 6.07) is 0. The lowest BCUT2D eigenvalue weighted by Gasteiger charge is -1.91. The van der Waals surface area contributed by atoms with Gasteiger partial charge in [0.05, 0.1) is 0 Å². The Balaban J connectivity index is 2.83. The van der Waals surface area contributed by atoms with Crippen LogP contribution < -0.4 is 0 Å². The van der Waals surface area contributed by atoms with Crippen molar-refractivity contribution >= 4 is 17.7 Å². The monoisotopic (exact) mass is 214 g/mol. The molecule has 1 aromatic rings. The number of aromatic amines is 1. The van der Waals surface area contributed by atoms with E-state index < -0.39 is 5.97 Å². The van der Waals surface area contributed by atoms with Crippen molar-refractivity contribution in [3.05, 3.63) is 11.5 Å². The molecule has 0 saturated heterocycles. The molecule has 0 unspecified atom stereocenters. The molecule has 0 spiro atoms. The second kappa shape index (κ2) is 5.05. The molecular weight excluding hydrogens is 200 g/mol. The fraction of sp³-hybridized carbons (Fsp3) is 0.556. The van der Waals surface area contributed by atoms with Crippen molar-refractivity contribution in [2.75, 3.05) is 6.26 Å². The summed E-state index contributed by atoms with van der Waals surface area (Å²) in [6.07, 6.45) is 4.75. The number of nitrogens with one attached hydrogen (secondary N) is 1. The van der Waals surface area contributed by atoms with E-state index >= 15 is 0 Å². The number of rotatable bonds is 5. The molecule has 0 radical (unpaired) electrons. The number of nitrogens with zero attached hydrogens (tertiary/aromatic N) is 1. The Labute approximate surface area is 87.1 Å². The molecule has 1 aromatic heterocycles. The van der Waals surface area contributed by atoms with Crippen molar-refractivity contribution in [3.8, 4) is 0 Å². The molecule has 1 heterocycles. The van der Waals surface area contributed by atoms with Gasteiger partial charge in [0.1, 0.15) is 10.9 Å². The number of carboxylic acid groups (broad SMARTS) is 1. The van der Waals surface area contributed by atoms with E-state index in [1.54, 1.807) is 0 Å². The zero-order valence-electron chi connectivity index (χ0n) is 8.33. The first-order chi connectivity index (χ1) is 6.69. The standard InChI is InChI=1S/C9H14N2O2S/c1-3-4-5-6-10-7(9(12)13)8(11-6)14-2/h3-5H2,1-2H3,(H,10,11)(H,12,13). The largest absolute Gasteiger partial charge is 0.476 e. The SMILES string of the molecule is CCCCc1nc(SC)c(C(=O)O)[nH]1. The van der Waals surface area contributed by atoms with E-state index in [9.17, 15) is 4.79 Å². The highest BCUT2D eigenvalue weighted by Gasteiger charge is 2.14. The summed E-state index contributed by atoms with van der Waals surface area (Å²) in [5, 5.41) is 9.42. The Morgan fingerprint density at radius 3 is 2.79 bits per heavy atom. The number of hydrogen-bond acceptors (Lipinski definition) is 3.